The van der Waals surface area contributed by atoms with Gasteiger partial charge in [0, 0.05) is 18.1 Å². The molecule has 1 aromatic carbocycles. The fourth-order valence-corrected chi connectivity index (χ4v) is 2.89. The van der Waals surface area contributed by atoms with Gasteiger partial charge < -0.3 is 5.73 Å². The molecule has 0 atom stereocenters. The Morgan fingerprint density at radius 2 is 1.61 bits per heavy atom. The van der Waals surface area contributed by atoms with E-state index in [2.05, 4.69) is 4.98 Å². The van der Waals surface area contributed by atoms with Gasteiger partial charge in [0.15, 0.2) is 9.84 Å². The number of sulfone groups is 1. The summed E-state index contributed by atoms with van der Waals surface area (Å²) in [7, 11) is -3.25. The third kappa shape index (κ3) is 3.07. The van der Waals surface area contributed by atoms with Crippen LogP contribution >= 0.6 is 0 Å². The molecular weight excluding hydrogens is 248 g/mol. The Labute approximate surface area is 106 Å². The molecule has 18 heavy (non-hydrogen) atoms. The number of nitrogens with two attached hydrogens (primary N) is 1. The zero-order valence-corrected chi connectivity index (χ0v) is 10.6. The molecule has 1 heterocycles. The minimum atomic E-state index is -3.25. The highest BCUT2D eigenvalue weighted by Gasteiger charge is 2.13. The first-order valence-corrected chi connectivity index (χ1v) is 7.20. The number of anilines is 1. The van der Waals surface area contributed by atoms with E-state index in [-0.39, 0.29) is 5.75 Å². The van der Waals surface area contributed by atoms with E-state index in [4.69, 9.17) is 5.73 Å². The number of nitrogen functional groups attached to an aromatic ring is 1. The quantitative estimate of drug-likeness (QED) is 0.851. The molecule has 0 fully saturated rings. The van der Waals surface area contributed by atoms with Gasteiger partial charge in [-0.05, 0) is 48.4 Å². The first kappa shape index (κ1) is 12.6. The van der Waals surface area contributed by atoms with Crippen LogP contribution in [0.1, 0.15) is 5.56 Å². The molecule has 1 aromatic heterocycles. The zero-order valence-electron chi connectivity index (χ0n) is 9.78. The summed E-state index contributed by atoms with van der Waals surface area (Å²) in [6, 6.07) is 9.91. The predicted molar refractivity (Wildman–Crippen MR) is 70.8 cm³/mol. The van der Waals surface area contributed by atoms with Crippen molar-refractivity contribution in [2.45, 2.75) is 11.3 Å². The van der Waals surface area contributed by atoms with E-state index in [1.807, 2.05) is 12.1 Å². The summed E-state index contributed by atoms with van der Waals surface area (Å²) in [6.07, 6.45) is 3.80. The number of nitrogens with zero attached hydrogens (tertiary/aromatic N) is 1. The fraction of sp³-hybridized carbons (Fsp3) is 0.154. The van der Waals surface area contributed by atoms with Crippen molar-refractivity contribution in [1.82, 2.24) is 4.98 Å². The van der Waals surface area contributed by atoms with Crippen LogP contribution in [0.2, 0.25) is 0 Å². The van der Waals surface area contributed by atoms with Crippen LogP contribution in [0, 0.1) is 0 Å². The molecule has 94 valence electrons. The Bertz CT molecular complexity index is 607. The summed E-state index contributed by atoms with van der Waals surface area (Å²) in [6.45, 7) is 0. The summed E-state index contributed by atoms with van der Waals surface area (Å²) >= 11 is 0. The Balaban J connectivity index is 2.11. The lowest BCUT2D eigenvalue weighted by molar-refractivity contribution is 0.595. The average Bonchev–Trinajstić information content (AvgIpc) is 2.38. The maximum absolute atomic E-state index is 12.1. The van der Waals surface area contributed by atoms with E-state index < -0.39 is 9.84 Å². The summed E-state index contributed by atoms with van der Waals surface area (Å²) in [5.74, 6) is 0.0843. The van der Waals surface area contributed by atoms with Crippen LogP contribution in [0.25, 0.3) is 0 Å². The molecule has 0 spiro atoms. The van der Waals surface area contributed by atoms with Gasteiger partial charge >= 0.3 is 0 Å². The van der Waals surface area contributed by atoms with Crippen molar-refractivity contribution in [2.24, 2.45) is 0 Å². The lowest BCUT2D eigenvalue weighted by Gasteiger charge is -2.05. The smallest absolute Gasteiger partial charge is 0.178 e. The Kier molecular flexibility index (Phi) is 3.62. The fourth-order valence-electron chi connectivity index (χ4n) is 1.59. The molecule has 0 amide bonds. The highest BCUT2D eigenvalue weighted by molar-refractivity contribution is 7.91. The molecule has 0 unspecified atom stereocenters. The average molecular weight is 262 g/mol. The van der Waals surface area contributed by atoms with Gasteiger partial charge in [-0.15, -0.1) is 0 Å². The van der Waals surface area contributed by atoms with Crippen molar-refractivity contribution in [3.8, 4) is 0 Å². The second-order valence-electron chi connectivity index (χ2n) is 3.99. The molecule has 2 rings (SSSR count). The Hall–Kier alpha value is -1.88. The van der Waals surface area contributed by atoms with Gasteiger partial charge in [0.2, 0.25) is 0 Å². The molecule has 0 aliphatic carbocycles. The summed E-state index contributed by atoms with van der Waals surface area (Å²) < 4.78 is 24.1. The van der Waals surface area contributed by atoms with Gasteiger partial charge in [-0.2, -0.15) is 0 Å². The Morgan fingerprint density at radius 1 is 1.00 bits per heavy atom. The number of hydrogen-bond donors (Lipinski definition) is 1. The first-order valence-electron chi connectivity index (χ1n) is 5.55. The van der Waals surface area contributed by atoms with Crippen LogP contribution in [0.15, 0.2) is 53.7 Å². The van der Waals surface area contributed by atoms with Gasteiger partial charge in [-0.25, -0.2) is 8.42 Å². The monoisotopic (exact) mass is 262 g/mol. The van der Waals surface area contributed by atoms with Gasteiger partial charge in [0.25, 0.3) is 0 Å². The first-order chi connectivity index (χ1) is 8.58. The molecule has 0 aliphatic rings. The summed E-state index contributed by atoms with van der Waals surface area (Å²) in [5.41, 5.74) is 7.05. The van der Waals surface area contributed by atoms with Crippen molar-refractivity contribution in [2.75, 3.05) is 11.5 Å². The number of pyridine rings is 1. The zero-order chi connectivity index (χ0) is 13.0. The molecule has 0 saturated carbocycles. The number of aryl methyl sites for hydroxylation is 1. The number of rotatable bonds is 4. The molecule has 0 radical (unpaired) electrons. The molecule has 2 N–H and O–H groups in total. The maximum Gasteiger partial charge on any atom is 0.178 e. The number of benzene rings is 1. The van der Waals surface area contributed by atoms with Gasteiger partial charge in [0.1, 0.15) is 0 Å². The van der Waals surface area contributed by atoms with Gasteiger partial charge in [-0.3, -0.25) is 4.98 Å². The van der Waals surface area contributed by atoms with E-state index in [0.29, 0.717) is 17.0 Å². The third-order valence-electron chi connectivity index (χ3n) is 2.65. The van der Waals surface area contributed by atoms with Crippen molar-refractivity contribution in [3.63, 3.8) is 0 Å². The van der Waals surface area contributed by atoms with E-state index in [1.165, 1.54) is 12.1 Å². The maximum atomic E-state index is 12.1. The van der Waals surface area contributed by atoms with Crippen LogP contribution in [-0.4, -0.2) is 19.2 Å². The number of aromatic nitrogens is 1. The highest BCUT2D eigenvalue weighted by Crippen LogP contribution is 2.14. The lowest BCUT2D eigenvalue weighted by Crippen LogP contribution is -2.09. The molecule has 5 heteroatoms. The van der Waals surface area contributed by atoms with E-state index in [1.54, 1.807) is 24.5 Å². The van der Waals surface area contributed by atoms with E-state index in [0.717, 1.165) is 5.56 Å². The minimum Gasteiger partial charge on any atom is -0.399 e. The highest BCUT2D eigenvalue weighted by atomic mass is 32.2. The third-order valence-corrected chi connectivity index (χ3v) is 4.38. The standard InChI is InChI=1S/C13H14N2O2S/c14-12-1-3-13(4-2-12)18(16,17)10-7-11-5-8-15-9-6-11/h1-6,8-9H,7,10,14H2. The predicted octanol–water partition coefficient (Wildman–Crippen LogP) is 1.68. The summed E-state index contributed by atoms with van der Waals surface area (Å²) in [4.78, 5) is 4.21. The number of hydrogen-bond acceptors (Lipinski definition) is 4. The minimum absolute atomic E-state index is 0.0843. The van der Waals surface area contributed by atoms with Crippen molar-refractivity contribution in [3.05, 3.63) is 54.4 Å². The van der Waals surface area contributed by atoms with Gasteiger partial charge in [0.05, 0.1) is 10.6 Å². The largest absolute Gasteiger partial charge is 0.399 e. The van der Waals surface area contributed by atoms with E-state index in [9.17, 15) is 8.42 Å². The van der Waals surface area contributed by atoms with Gasteiger partial charge in [-0.1, -0.05) is 0 Å². The normalized spacial score (nSPS) is 11.3. The second-order valence-corrected chi connectivity index (χ2v) is 6.10. The van der Waals surface area contributed by atoms with Crippen molar-refractivity contribution >= 4 is 15.5 Å². The molecular formula is C13H14N2O2S. The molecule has 2 aromatic rings. The van der Waals surface area contributed by atoms with Crippen LogP contribution < -0.4 is 5.73 Å². The lowest BCUT2D eigenvalue weighted by atomic mass is 10.2. The van der Waals surface area contributed by atoms with Crippen molar-refractivity contribution in [1.29, 1.82) is 0 Å². The SMILES string of the molecule is Nc1ccc(S(=O)(=O)CCc2ccncc2)cc1. The topological polar surface area (TPSA) is 73.1 Å². The van der Waals surface area contributed by atoms with E-state index >= 15 is 0 Å². The Morgan fingerprint density at radius 3 is 2.22 bits per heavy atom. The van der Waals surface area contributed by atoms with Crippen LogP contribution in [0.5, 0.6) is 0 Å². The molecule has 4 nitrogen and oxygen atoms in total. The molecule has 0 aliphatic heterocycles. The van der Waals surface area contributed by atoms with Crippen LogP contribution in [0.3, 0.4) is 0 Å². The molecule has 0 saturated heterocycles. The van der Waals surface area contributed by atoms with Crippen LogP contribution in [0.4, 0.5) is 5.69 Å². The molecule has 0 bridgehead atoms. The second kappa shape index (κ2) is 5.18. The van der Waals surface area contributed by atoms with Crippen molar-refractivity contribution < 1.29 is 8.42 Å². The summed E-state index contributed by atoms with van der Waals surface area (Å²) in [5, 5.41) is 0. The van der Waals surface area contributed by atoms with Crippen LogP contribution in [-0.2, 0) is 16.3 Å².